The molecule has 0 aromatic heterocycles. The van der Waals surface area contributed by atoms with E-state index in [9.17, 15) is 13.2 Å². The minimum Gasteiger partial charge on any atom is -0.494 e. The molecule has 0 spiro atoms. The average molecular weight is 461 g/mol. The van der Waals surface area contributed by atoms with Crippen LogP contribution in [0, 0.1) is 0 Å². The molecule has 0 atom stereocenters. The number of hydrogen-bond acceptors (Lipinski definition) is 5. The number of rotatable bonds is 10. The summed E-state index contributed by atoms with van der Waals surface area (Å²) >= 11 is 11.9. The number of sulfonamides is 1. The van der Waals surface area contributed by atoms with Gasteiger partial charge < -0.3 is 14.8 Å². The zero-order valence-electron chi connectivity index (χ0n) is 16.0. The second-order valence-corrected chi connectivity index (χ2v) is 8.85. The van der Waals surface area contributed by atoms with Crippen molar-refractivity contribution < 1.29 is 22.7 Å². The molecule has 0 aliphatic heterocycles. The molecule has 0 fully saturated rings. The highest BCUT2D eigenvalue weighted by Crippen LogP contribution is 2.29. The molecule has 2 N–H and O–H groups in total. The number of nitrogens with one attached hydrogen (secondary N) is 2. The van der Waals surface area contributed by atoms with Crippen LogP contribution >= 0.6 is 23.2 Å². The van der Waals surface area contributed by atoms with E-state index in [0.29, 0.717) is 45.9 Å². The lowest BCUT2D eigenvalue weighted by molar-refractivity contribution is -0.116. The molecule has 2 aromatic rings. The molecule has 10 heteroatoms. The summed E-state index contributed by atoms with van der Waals surface area (Å²) in [6.45, 7) is 1.85. The van der Waals surface area contributed by atoms with Crippen molar-refractivity contribution in [2.75, 3.05) is 29.5 Å². The second-order valence-electron chi connectivity index (χ2n) is 6.00. The van der Waals surface area contributed by atoms with Crippen LogP contribution in [0.25, 0.3) is 0 Å². The van der Waals surface area contributed by atoms with Crippen molar-refractivity contribution in [1.29, 1.82) is 0 Å². The summed E-state index contributed by atoms with van der Waals surface area (Å²) < 4.78 is 36.6. The first-order valence-electron chi connectivity index (χ1n) is 8.80. The quantitative estimate of drug-likeness (QED) is 0.506. The molecule has 0 saturated heterocycles. The number of carbonyl (C=O) groups is 1. The summed E-state index contributed by atoms with van der Waals surface area (Å²) in [5.74, 6) is 0.546. The van der Waals surface area contributed by atoms with Crippen LogP contribution in [0.4, 0.5) is 11.4 Å². The number of methoxy groups -OCH3 is 1. The maximum absolute atomic E-state index is 12.1. The number of halogens is 2. The normalized spacial score (nSPS) is 11.0. The second kappa shape index (κ2) is 10.6. The van der Waals surface area contributed by atoms with Crippen molar-refractivity contribution >= 4 is 50.5 Å². The van der Waals surface area contributed by atoms with E-state index in [-0.39, 0.29) is 18.1 Å². The third-order valence-corrected chi connectivity index (χ3v) is 5.65. The van der Waals surface area contributed by atoms with E-state index in [1.807, 2.05) is 0 Å². The Labute approximate surface area is 180 Å². The Balaban J connectivity index is 1.86. The Morgan fingerprint density at radius 2 is 1.86 bits per heavy atom. The van der Waals surface area contributed by atoms with Gasteiger partial charge in [0.2, 0.25) is 15.9 Å². The lowest BCUT2D eigenvalue weighted by Crippen LogP contribution is -2.16. The van der Waals surface area contributed by atoms with Crippen LogP contribution < -0.4 is 19.5 Å². The number of ether oxygens (including phenoxy) is 2. The van der Waals surface area contributed by atoms with E-state index in [2.05, 4.69) is 10.0 Å². The number of hydrogen-bond donors (Lipinski definition) is 2. The van der Waals surface area contributed by atoms with Crippen molar-refractivity contribution in [2.24, 2.45) is 0 Å². The van der Waals surface area contributed by atoms with Crippen LogP contribution in [0.2, 0.25) is 10.0 Å². The van der Waals surface area contributed by atoms with E-state index in [0.717, 1.165) is 0 Å². The van der Waals surface area contributed by atoms with E-state index >= 15 is 0 Å². The number of amides is 1. The van der Waals surface area contributed by atoms with E-state index in [4.69, 9.17) is 32.7 Å². The first kappa shape index (κ1) is 23.1. The maximum atomic E-state index is 12.1. The fourth-order valence-corrected chi connectivity index (χ4v) is 3.43. The third kappa shape index (κ3) is 7.30. The lowest BCUT2D eigenvalue weighted by atomic mass is 10.2. The zero-order chi connectivity index (χ0) is 21.4. The number of carbonyl (C=O) groups excluding carboxylic acids is 1. The summed E-state index contributed by atoms with van der Waals surface area (Å²) in [5, 5.41) is 3.67. The van der Waals surface area contributed by atoms with Gasteiger partial charge in [0, 0.05) is 23.2 Å². The smallest absolute Gasteiger partial charge is 0.232 e. The Bertz CT molecular complexity index is 967. The highest BCUT2D eigenvalue weighted by atomic mass is 35.5. The molecule has 7 nitrogen and oxygen atoms in total. The Morgan fingerprint density at radius 1 is 1.10 bits per heavy atom. The van der Waals surface area contributed by atoms with Crippen LogP contribution in [0.15, 0.2) is 36.4 Å². The lowest BCUT2D eigenvalue weighted by Gasteiger charge is -2.13. The molecule has 0 radical (unpaired) electrons. The molecule has 0 aliphatic rings. The monoisotopic (exact) mass is 460 g/mol. The highest BCUT2D eigenvalue weighted by molar-refractivity contribution is 7.92. The minimum absolute atomic E-state index is 0.0576. The molecule has 0 saturated carbocycles. The standard InChI is InChI=1S/C19H22Cl2N2O5S/c1-3-29(25,26)23-16-8-7-14(12-18(16)27-2)22-19(24)5-4-10-28-17-9-6-13(20)11-15(17)21/h6-9,11-12,23H,3-5,10H2,1-2H3,(H,22,24). The molecule has 2 rings (SSSR count). The van der Waals surface area contributed by atoms with Gasteiger partial charge in [0.05, 0.1) is 30.2 Å². The van der Waals surface area contributed by atoms with Crippen LogP contribution in [-0.2, 0) is 14.8 Å². The van der Waals surface area contributed by atoms with Gasteiger partial charge >= 0.3 is 0 Å². The third-order valence-electron chi connectivity index (χ3n) is 3.83. The van der Waals surface area contributed by atoms with Crippen molar-refractivity contribution in [3.05, 3.63) is 46.4 Å². The van der Waals surface area contributed by atoms with Gasteiger partial charge in [-0.15, -0.1) is 0 Å². The summed E-state index contributed by atoms with van der Waals surface area (Å²) in [4.78, 5) is 12.1. The van der Waals surface area contributed by atoms with Crippen molar-refractivity contribution in [2.45, 2.75) is 19.8 Å². The fraction of sp³-hybridized carbons (Fsp3) is 0.316. The molecule has 0 unspecified atom stereocenters. The molecule has 0 aliphatic carbocycles. The molecule has 29 heavy (non-hydrogen) atoms. The summed E-state index contributed by atoms with van der Waals surface area (Å²) in [5.41, 5.74) is 0.800. The highest BCUT2D eigenvalue weighted by Gasteiger charge is 2.13. The van der Waals surface area contributed by atoms with Gasteiger partial charge in [0.1, 0.15) is 11.5 Å². The predicted octanol–water partition coefficient (Wildman–Crippen LogP) is 4.56. The van der Waals surface area contributed by atoms with Crippen molar-refractivity contribution in [1.82, 2.24) is 0 Å². The largest absolute Gasteiger partial charge is 0.494 e. The van der Waals surface area contributed by atoms with E-state index < -0.39 is 10.0 Å². The first-order valence-corrected chi connectivity index (χ1v) is 11.2. The van der Waals surface area contributed by atoms with Crippen LogP contribution in [0.5, 0.6) is 11.5 Å². The molecular weight excluding hydrogens is 439 g/mol. The van der Waals surface area contributed by atoms with Crippen LogP contribution in [0.1, 0.15) is 19.8 Å². The molecule has 0 heterocycles. The van der Waals surface area contributed by atoms with Gasteiger partial charge in [0.25, 0.3) is 0 Å². The SMILES string of the molecule is CCS(=O)(=O)Nc1ccc(NC(=O)CCCOc2ccc(Cl)cc2Cl)cc1OC. The van der Waals surface area contributed by atoms with Crippen LogP contribution in [0.3, 0.4) is 0 Å². The molecule has 2 aromatic carbocycles. The van der Waals surface area contributed by atoms with Gasteiger partial charge in [0.15, 0.2) is 0 Å². The summed E-state index contributed by atoms with van der Waals surface area (Å²) in [6, 6.07) is 9.61. The van der Waals surface area contributed by atoms with Gasteiger partial charge in [-0.3, -0.25) is 9.52 Å². The maximum Gasteiger partial charge on any atom is 0.232 e. The fourth-order valence-electron chi connectivity index (χ4n) is 2.32. The zero-order valence-corrected chi connectivity index (χ0v) is 18.3. The summed E-state index contributed by atoms with van der Waals surface area (Å²) in [6.07, 6.45) is 0.716. The number of anilines is 2. The Kier molecular flexibility index (Phi) is 8.43. The average Bonchev–Trinajstić information content (AvgIpc) is 2.67. The van der Waals surface area contributed by atoms with Crippen molar-refractivity contribution in [3.63, 3.8) is 0 Å². The molecular formula is C19H22Cl2N2O5S. The van der Waals surface area contributed by atoms with Gasteiger partial charge in [-0.05, 0) is 43.7 Å². The Morgan fingerprint density at radius 3 is 2.52 bits per heavy atom. The topological polar surface area (TPSA) is 93.7 Å². The van der Waals surface area contributed by atoms with Gasteiger partial charge in [-0.1, -0.05) is 23.2 Å². The Hall–Kier alpha value is -2.16. The minimum atomic E-state index is -3.43. The van der Waals surface area contributed by atoms with Crippen LogP contribution in [-0.4, -0.2) is 33.8 Å². The van der Waals surface area contributed by atoms with Gasteiger partial charge in [-0.25, -0.2) is 8.42 Å². The summed E-state index contributed by atoms with van der Waals surface area (Å²) in [7, 11) is -2.01. The number of benzene rings is 2. The first-order chi connectivity index (χ1) is 13.7. The van der Waals surface area contributed by atoms with E-state index in [1.165, 1.54) is 20.1 Å². The molecule has 0 bridgehead atoms. The van der Waals surface area contributed by atoms with Crippen molar-refractivity contribution in [3.8, 4) is 11.5 Å². The molecule has 1 amide bonds. The van der Waals surface area contributed by atoms with E-state index in [1.54, 1.807) is 30.3 Å². The molecule has 158 valence electrons. The van der Waals surface area contributed by atoms with Gasteiger partial charge in [-0.2, -0.15) is 0 Å². The predicted molar refractivity (Wildman–Crippen MR) is 116 cm³/mol.